The van der Waals surface area contributed by atoms with Crippen LogP contribution in [-0.4, -0.2) is 42.7 Å². The average molecular weight is 437 g/mol. The lowest BCUT2D eigenvalue weighted by Gasteiger charge is -2.32. The van der Waals surface area contributed by atoms with Gasteiger partial charge in [0, 0.05) is 35.8 Å². The first kappa shape index (κ1) is 20.0. The molecule has 0 bridgehead atoms. The van der Waals surface area contributed by atoms with Gasteiger partial charge >= 0.3 is 0 Å². The van der Waals surface area contributed by atoms with E-state index in [4.69, 9.17) is 37.4 Å². The number of non-ortho nitro benzene ring substituents is 1. The first-order valence-electron chi connectivity index (χ1n) is 9.09. The van der Waals surface area contributed by atoms with E-state index in [9.17, 15) is 10.1 Å². The van der Waals surface area contributed by atoms with Crippen molar-refractivity contribution in [3.05, 3.63) is 74.0 Å². The minimum atomic E-state index is -0.399. The molecule has 0 aromatic heterocycles. The van der Waals surface area contributed by atoms with Crippen LogP contribution in [-0.2, 0) is 4.74 Å². The van der Waals surface area contributed by atoms with Crippen LogP contribution in [0.5, 0.6) is 11.5 Å². The lowest BCUT2D eigenvalue weighted by molar-refractivity contribution is -0.384. The Bertz CT molecular complexity index is 960. The molecule has 2 aliphatic rings. The van der Waals surface area contributed by atoms with Crippen molar-refractivity contribution in [1.29, 1.82) is 0 Å². The fraction of sp³-hybridized carbons (Fsp3) is 0.300. The lowest BCUT2D eigenvalue weighted by atomic mass is 10.0. The highest BCUT2D eigenvalue weighted by Gasteiger charge is 2.36. The van der Waals surface area contributed by atoms with Crippen molar-refractivity contribution in [3.63, 3.8) is 0 Å². The molecule has 152 valence electrons. The van der Waals surface area contributed by atoms with Gasteiger partial charge in [0.25, 0.3) is 5.69 Å². The van der Waals surface area contributed by atoms with Crippen LogP contribution in [0.1, 0.15) is 11.6 Å². The summed E-state index contributed by atoms with van der Waals surface area (Å²) < 4.78 is 17.2. The van der Waals surface area contributed by atoms with E-state index in [1.54, 1.807) is 30.3 Å². The van der Waals surface area contributed by atoms with Crippen molar-refractivity contribution >= 4 is 28.9 Å². The Hall–Kier alpha value is -2.32. The summed E-state index contributed by atoms with van der Waals surface area (Å²) in [4.78, 5) is 13.0. The van der Waals surface area contributed by atoms with Crippen molar-refractivity contribution in [2.24, 2.45) is 0 Å². The van der Waals surface area contributed by atoms with Gasteiger partial charge in [-0.25, -0.2) is 0 Å². The molecule has 0 saturated carbocycles. The number of hydrogen-bond acceptors (Lipinski definition) is 6. The molecule has 7 nitrogen and oxygen atoms in total. The molecule has 29 heavy (non-hydrogen) atoms. The van der Waals surface area contributed by atoms with Crippen molar-refractivity contribution in [1.82, 2.24) is 4.90 Å². The van der Waals surface area contributed by atoms with E-state index in [2.05, 4.69) is 4.90 Å². The van der Waals surface area contributed by atoms with Crippen LogP contribution < -0.4 is 9.47 Å². The van der Waals surface area contributed by atoms with Crippen LogP contribution >= 0.6 is 23.2 Å². The summed E-state index contributed by atoms with van der Waals surface area (Å²) in [7, 11) is 0. The Morgan fingerprint density at radius 1 is 1.21 bits per heavy atom. The van der Waals surface area contributed by atoms with Gasteiger partial charge in [-0.15, -0.1) is 0 Å². The number of halogens is 2. The fourth-order valence-corrected chi connectivity index (χ4v) is 3.93. The Morgan fingerprint density at radius 2 is 2.00 bits per heavy atom. The summed E-state index contributed by atoms with van der Waals surface area (Å²) in [6, 6.07) is 9.46. The molecular formula is C20H18Cl2N2O5. The third-order valence-electron chi connectivity index (χ3n) is 4.82. The molecule has 4 rings (SSSR count). The number of morpholine rings is 1. The molecule has 0 radical (unpaired) electrons. The van der Waals surface area contributed by atoms with Crippen molar-refractivity contribution in [2.45, 2.75) is 6.04 Å². The Balaban J connectivity index is 1.59. The number of benzene rings is 2. The monoisotopic (exact) mass is 436 g/mol. The van der Waals surface area contributed by atoms with E-state index in [0.29, 0.717) is 53.6 Å². The summed E-state index contributed by atoms with van der Waals surface area (Å²) in [5, 5.41) is 12.2. The second kappa shape index (κ2) is 8.59. The van der Waals surface area contributed by atoms with Crippen LogP contribution in [0, 0.1) is 10.1 Å². The number of ether oxygens (including phenoxy) is 3. The topological polar surface area (TPSA) is 74.1 Å². The van der Waals surface area contributed by atoms with E-state index >= 15 is 0 Å². The van der Waals surface area contributed by atoms with E-state index in [1.807, 2.05) is 6.08 Å². The van der Waals surface area contributed by atoms with Gasteiger partial charge in [-0.3, -0.25) is 15.0 Å². The highest BCUT2D eigenvalue weighted by molar-refractivity contribution is 6.35. The van der Waals surface area contributed by atoms with Gasteiger partial charge in [0.1, 0.15) is 23.9 Å². The zero-order valence-electron chi connectivity index (χ0n) is 15.3. The molecular weight excluding hydrogens is 419 g/mol. The van der Waals surface area contributed by atoms with E-state index < -0.39 is 4.92 Å². The van der Waals surface area contributed by atoms with Gasteiger partial charge in [-0.1, -0.05) is 23.2 Å². The Kier molecular flexibility index (Phi) is 5.91. The molecule has 0 aliphatic carbocycles. The van der Waals surface area contributed by atoms with E-state index in [0.717, 1.165) is 5.56 Å². The molecule has 0 N–H and O–H groups in total. The van der Waals surface area contributed by atoms with Crippen molar-refractivity contribution in [2.75, 3.05) is 32.9 Å². The minimum absolute atomic E-state index is 0.0380. The predicted molar refractivity (Wildman–Crippen MR) is 109 cm³/mol. The highest BCUT2D eigenvalue weighted by Crippen LogP contribution is 2.44. The first-order chi connectivity index (χ1) is 14.0. The largest absolute Gasteiger partial charge is 0.488 e. The van der Waals surface area contributed by atoms with Crippen LogP contribution in [0.3, 0.4) is 0 Å². The van der Waals surface area contributed by atoms with Crippen LogP contribution in [0.2, 0.25) is 10.0 Å². The second-order valence-corrected chi connectivity index (χ2v) is 7.47. The number of nitro benzene ring substituents is 1. The number of nitro groups is 1. The van der Waals surface area contributed by atoms with Gasteiger partial charge in [0.2, 0.25) is 0 Å². The number of fused-ring (bicyclic) bond motifs is 1. The minimum Gasteiger partial charge on any atom is -0.488 e. The molecule has 2 aliphatic heterocycles. The molecule has 1 unspecified atom stereocenters. The number of nitrogens with zero attached hydrogens (tertiary/aromatic N) is 2. The van der Waals surface area contributed by atoms with Crippen LogP contribution in [0.25, 0.3) is 0 Å². The second-order valence-electron chi connectivity index (χ2n) is 6.62. The first-order valence-corrected chi connectivity index (χ1v) is 9.84. The van der Waals surface area contributed by atoms with E-state index in [1.165, 1.54) is 6.07 Å². The maximum Gasteiger partial charge on any atom is 0.270 e. The van der Waals surface area contributed by atoms with Crippen molar-refractivity contribution < 1.29 is 19.1 Å². The molecule has 1 atom stereocenters. The van der Waals surface area contributed by atoms with Gasteiger partial charge < -0.3 is 14.2 Å². The molecule has 1 saturated heterocycles. The van der Waals surface area contributed by atoms with Gasteiger partial charge in [0.15, 0.2) is 0 Å². The van der Waals surface area contributed by atoms with E-state index in [-0.39, 0.29) is 18.3 Å². The third-order valence-corrected chi connectivity index (χ3v) is 5.35. The Labute approximate surface area is 177 Å². The molecule has 1 fully saturated rings. The molecule has 2 aromatic carbocycles. The molecule has 0 amide bonds. The van der Waals surface area contributed by atoms with Crippen LogP contribution in [0.15, 0.2) is 48.2 Å². The van der Waals surface area contributed by atoms with Gasteiger partial charge in [-0.05, 0) is 30.3 Å². The predicted octanol–water partition coefficient (Wildman–Crippen LogP) is 4.63. The van der Waals surface area contributed by atoms with Gasteiger partial charge in [-0.2, -0.15) is 0 Å². The normalized spacial score (nSPS) is 20.3. The SMILES string of the molecule is O=[N+]([O-])c1ccc2c(c1)C(N1CCOCC1)/C(=C\COc1ccc(Cl)cc1Cl)O2. The maximum atomic E-state index is 11.2. The Morgan fingerprint density at radius 3 is 2.72 bits per heavy atom. The summed E-state index contributed by atoms with van der Waals surface area (Å²) >= 11 is 12.1. The molecule has 2 aromatic rings. The average Bonchev–Trinajstić information content (AvgIpc) is 3.07. The van der Waals surface area contributed by atoms with Gasteiger partial charge in [0.05, 0.1) is 29.2 Å². The summed E-state index contributed by atoms with van der Waals surface area (Å²) in [5.74, 6) is 1.80. The summed E-state index contributed by atoms with van der Waals surface area (Å²) in [6.45, 7) is 2.85. The zero-order chi connectivity index (χ0) is 20.4. The summed E-state index contributed by atoms with van der Waals surface area (Å²) in [6.07, 6.45) is 1.83. The quantitative estimate of drug-likeness (QED) is 0.502. The zero-order valence-corrected chi connectivity index (χ0v) is 16.9. The number of hydrogen-bond donors (Lipinski definition) is 0. The standard InChI is InChI=1S/C20H18Cl2N2O5/c21-13-1-3-18(16(22)11-13)28-8-5-19-20(23-6-9-27-10-7-23)15-12-14(24(25)26)2-4-17(15)29-19/h1-5,11-12,20H,6-10H2/b19-5+. The number of rotatable bonds is 5. The molecule has 2 heterocycles. The third kappa shape index (κ3) is 4.33. The van der Waals surface area contributed by atoms with Crippen LogP contribution in [0.4, 0.5) is 5.69 Å². The lowest BCUT2D eigenvalue weighted by Crippen LogP contribution is -2.39. The highest BCUT2D eigenvalue weighted by atomic mass is 35.5. The maximum absolute atomic E-state index is 11.2. The summed E-state index contributed by atoms with van der Waals surface area (Å²) in [5.41, 5.74) is 0.813. The van der Waals surface area contributed by atoms with Crippen molar-refractivity contribution in [3.8, 4) is 11.5 Å². The smallest absolute Gasteiger partial charge is 0.270 e. The molecule has 9 heteroatoms. The fourth-order valence-electron chi connectivity index (χ4n) is 3.46. The molecule has 0 spiro atoms.